The maximum Gasteiger partial charge on any atom is 0.204 e. The van der Waals surface area contributed by atoms with Crippen LogP contribution >= 0.6 is 0 Å². The fourth-order valence-corrected chi connectivity index (χ4v) is 4.60. The quantitative estimate of drug-likeness (QED) is 0.237. The summed E-state index contributed by atoms with van der Waals surface area (Å²) >= 11 is 0. The van der Waals surface area contributed by atoms with Crippen LogP contribution in [0, 0.1) is 11.8 Å². The van der Waals surface area contributed by atoms with Crippen LogP contribution in [-0.2, 0) is 4.43 Å². The largest absolute Gasteiger partial charge is 0.417 e. The summed E-state index contributed by atoms with van der Waals surface area (Å²) in [5, 5.41) is 0. The number of unbranched alkanes of at least 4 members (excludes halogenated alkanes) is 8. The maximum atomic E-state index is 6.09. The van der Waals surface area contributed by atoms with Crippen LogP contribution in [-0.4, -0.2) is 15.6 Å². The van der Waals surface area contributed by atoms with E-state index in [0.717, 1.165) is 18.4 Å². The van der Waals surface area contributed by atoms with Gasteiger partial charge in [-0.25, -0.2) is 0 Å². The lowest BCUT2D eigenvalue weighted by Gasteiger charge is -2.31. The zero-order valence-corrected chi connectivity index (χ0v) is 17.4. The standard InChI is InChI=1S/C21H43OSi/c1-4-5-6-7-8-9-10-11-13-18-21(19-22-23(2)3)20-16-14-12-15-17-20/h20-21H,4-19H2,1-3H3. The molecule has 1 aliphatic carbocycles. The first-order valence-corrected chi connectivity index (χ1v) is 13.1. The van der Waals surface area contributed by atoms with E-state index in [1.54, 1.807) is 0 Å². The molecule has 2 heteroatoms. The monoisotopic (exact) mass is 339 g/mol. The van der Waals surface area contributed by atoms with Gasteiger partial charge in [-0.2, -0.15) is 0 Å². The van der Waals surface area contributed by atoms with Gasteiger partial charge in [-0.05, 0) is 31.4 Å². The van der Waals surface area contributed by atoms with E-state index < -0.39 is 9.04 Å². The highest BCUT2D eigenvalue weighted by molar-refractivity contribution is 6.48. The van der Waals surface area contributed by atoms with Crippen LogP contribution in [0.2, 0.25) is 13.1 Å². The van der Waals surface area contributed by atoms with E-state index in [4.69, 9.17) is 4.43 Å². The van der Waals surface area contributed by atoms with E-state index in [0.29, 0.717) is 0 Å². The Labute approximate surface area is 148 Å². The minimum absolute atomic E-state index is 0.517. The Morgan fingerprint density at radius 1 is 0.826 bits per heavy atom. The van der Waals surface area contributed by atoms with Crippen LogP contribution in [0.5, 0.6) is 0 Å². The van der Waals surface area contributed by atoms with Gasteiger partial charge in [-0.15, -0.1) is 0 Å². The first-order valence-electron chi connectivity index (χ1n) is 10.7. The van der Waals surface area contributed by atoms with E-state index in [2.05, 4.69) is 20.0 Å². The fourth-order valence-electron chi connectivity index (χ4n) is 4.05. The molecule has 1 atom stereocenters. The van der Waals surface area contributed by atoms with E-state index in [1.165, 1.54) is 96.3 Å². The highest BCUT2D eigenvalue weighted by atomic mass is 28.3. The van der Waals surface area contributed by atoms with Gasteiger partial charge in [0.25, 0.3) is 0 Å². The van der Waals surface area contributed by atoms with Gasteiger partial charge in [0.15, 0.2) is 0 Å². The summed E-state index contributed by atoms with van der Waals surface area (Å²) < 4.78 is 6.09. The predicted octanol–water partition coefficient (Wildman–Crippen LogP) is 7.37. The van der Waals surface area contributed by atoms with Crippen LogP contribution in [0.15, 0.2) is 0 Å². The molecular formula is C21H43OSi. The summed E-state index contributed by atoms with van der Waals surface area (Å²) in [5.74, 6) is 1.83. The molecule has 0 aromatic rings. The van der Waals surface area contributed by atoms with Crippen LogP contribution in [0.4, 0.5) is 0 Å². The second-order valence-electron chi connectivity index (χ2n) is 7.99. The normalized spacial score (nSPS) is 17.7. The Morgan fingerprint density at radius 3 is 1.96 bits per heavy atom. The van der Waals surface area contributed by atoms with Crippen LogP contribution in [0.1, 0.15) is 103 Å². The molecule has 0 heterocycles. The van der Waals surface area contributed by atoms with E-state index >= 15 is 0 Å². The molecule has 1 nitrogen and oxygen atoms in total. The Morgan fingerprint density at radius 2 is 1.39 bits per heavy atom. The second-order valence-corrected chi connectivity index (χ2v) is 10.1. The van der Waals surface area contributed by atoms with Gasteiger partial charge in [-0.3, -0.25) is 0 Å². The van der Waals surface area contributed by atoms with Gasteiger partial charge >= 0.3 is 0 Å². The van der Waals surface area contributed by atoms with Crippen LogP contribution < -0.4 is 0 Å². The van der Waals surface area contributed by atoms with E-state index in [-0.39, 0.29) is 0 Å². The third-order valence-corrected chi connectivity index (χ3v) is 6.33. The first kappa shape index (κ1) is 21.2. The van der Waals surface area contributed by atoms with Crippen molar-refractivity contribution in [1.82, 2.24) is 0 Å². The van der Waals surface area contributed by atoms with Crippen molar-refractivity contribution >= 4 is 9.04 Å². The number of rotatable bonds is 14. The average Bonchev–Trinajstić information content (AvgIpc) is 2.56. The fraction of sp³-hybridized carbons (Fsp3) is 1.00. The van der Waals surface area contributed by atoms with Crippen molar-refractivity contribution < 1.29 is 4.43 Å². The zero-order valence-electron chi connectivity index (χ0n) is 16.4. The Hall–Kier alpha value is 0.177. The maximum absolute atomic E-state index is 6.09. The second kappa shape index (κ2) is 14.5. The summed E-state index contributed by atoms with van der Waals surface area (Å²) in [6.07, 6.45) is 21.8. The summed E-state index contributed by atoms with van der Waals surface area (Å²) in [4.78, 5) is 0. The molecule has 1 rings (SSSR count). The highest BCUT2D eigenvalue weighted by Gasteiger charge is 2.23. The van der Waals surface area contributed by atoms with Crippen molar-refractivity contribution in [2.75, 3.05) is 6.61 Å². The smallest absolute Gasteiger partial charge is 0.204 e. The van der Waals surface area contributed by atoms with Crippen molar-refractivity contribution in [3.8, 4) is 0 Å². The topological polar surface area (TPSA) is 9.23 Å². The molecule has 1 saturated carbocycles. The van der Waals surface area contributed by atoms with Crippen LogP contribution in [0.3, 0.4) is 0 Å². The van der Waals surface area contributed by atoms with Gasteiger partial charge < -0.3 is 4.43 Å². The molecule has 1 radical (unpaired) electrons. The van der Waals surface area contributed by atoms with Crippen molar-refractivity contribution in [3.63, 3.8) is 0 Å². The summed E-state index contributed by atoms with van der Waals surface area (Å²) in [6.45, 7) is 7.92. The molecule has 1 fully saturated rings. The van der Waals surface area contributed by atoms with E-state index in [1.807, 2.05) is 0 Å². The van der Waals surface area contributed by atoms with Gasteiger partial charge in [0.05, 0.1) is 0 Å². The van der Waals surface area contributed by atoms with Crippen molar-refractivity contribution in [2.45, 2.75) is 116 Å². The molecule has 137 valence electrons. The predicted molar refractivity (Wildman–Crippen MR) is 105 cm³/mol. The summed E-state index contributed by atoms with van der Waals surface area (Å²) in [7, 11) is -0.517. The van der Waals surface area contributed by atoms with Crippen molar-refractivity contribution in [3.05, 3.63) is 0 Å². The molecule has 0 spiro atoms. The first-order chi connectivity index (χ1) is 11.2. The van der Waals surface area contributed by atoms with E-state index in [9.17, 15) is 0 Å². The van der Waals surface area contributed by atoms with Crippen molar-refractivity contribution in [1.29, 1.82) is 0 Å². The van der Waals surface area contributed by atoms with Gasteiger partial charge in [0.1, 0.15) is 0 Å². The summed E-state index contributed by atoms with van der Waals surface area (Å²) in [5.41, 5.74) is 0. The SMILES string of the molecule is CCCCCCCCCCCC(CO[Si](C)C)C1CCCCC1. The lowest BCUT2D eigenvalue weighted by Crippen LogP contribution is -2.25. The zero-order chi connectivity index (χ0) is 16.8. The lowest BCUT2D eigenvalue weighted by atomic mass is 9.78. The number of hydrogen-bond acceptors (Lipinski definition) is 1. The molecule has 1 unspecified atom stereocenters. The summed E-state index contributed by atoms with van der Waals surface area (Å²) in [6, 6.07) is 0. The number of hydrogen-bond donors (Lipinski definition) is 0. The molecule has 0 N–H and O–H groups in total. The van der Waals surface area contributed by atoms with Crippen LogP contribution in [0.25, 0.3) is 0 Å². The molecular weight excluding hydrogens is 296 g/mol. The lowest BCUT2D eigenvalue weighted by molar-refractivity contribution is 0.151. The Kier molecular flexibility index (Phi) is 13.4. The van der Waals surface area contributed by atoms with Gasteiger partial charge in [0, 0.05) is 6.61 Å². The van der Waals surface area contributed by atoms with Gasteiger partial charge in [-0.1, -0.05) is 96.8 Å². The third-order valence-electron chi connectivity index (χ3n) is 5.58. The minimum Gasteiger partial charge on any atom is -0.417 e. The molecule has 1 aliphatic rings. The minimum atomic E-state index is -0.517. The molecule has 0 amide bonds. The molecule has 0 aromatic heterocycles. The molecule has 0 aromatic carbocycles. The molecule has 0 bridgehead atoms. The Balaban J connectivity index is 2.10. The molecule has 23 heavy (non-hydrogen) atoms. The van der Waals surface area contributed by atoms with Crippen molar-refractivity contribution in [2.24, 2.45) is 11.8 Å². The Bertz CT molecular complexity index is 248. The highest BCUT2D eigenvalue weighted by Crippen LogP contribution is 2.33. The average molecular weight is 340 g/mol. The third kappa shape index (κ3) is 11.4. The molecule has 0 saturated heterocycles. The molecule has 0 aliphatic heterocycles. The van der Waals surface area contributed by atoms with Gasteiger partial charge in [0.2, 0.25) is 9.04 Å².